The zero-order chi connectivity index (χ0) is 12.3. The first kappa shape index (κ1) is 12.9. The molecule has 0 saturated heterocycles. The third-order valence-corrected chi connectivity index (χ3v) is 5.16. The second kappa shape index (κ2) is 5.87. The van der Waals surface area contributed by atoms with E-state index in [2.05, 4.69) is 0 Å². The third-order valence-electron chi connectivity index (χ3n) is 3.33. The molecule has 0 amide bonds. The maximum absolute atomic E-state index is 13.8. The fraction of sp³-hybridized carbons (Fsp3) is 0.571. The van der Waals surface area contributed by atoms with Crippen LogP contribution < -0.4 is 5.73 Å². The van der Waals surface area contributed by atoms with Crippen LogP contribution in [0.4, 0.5) is 4.39 Å². The maximum Gasteiger partial charge on any atom is 0.127 e. The molecule has 1 aromatic carbocycles. The Balaban J connectivity index is 2.14. The molecular weight excluding hydrogens is 233 g/mol. The summed E-state index contributed by atoms with van der Waals surface area (Å²) in [6, 6.07) is 7.00. The van der Waals surface area contributed by atoms with E-state index in [1.54, 1.807) is 6.07 Å². The van der Waals surface area contributed by atoms with Gasteiger partial charge < -0.3 is 5.73 Å². The first-order chi connectivity index (χ1) is 8.18. The van der Waals surface area contributed by atoms with Crippen molar-refractivity contribution in [2.45, 2.75) is 49.1 Å². The summed E-state index contributed by atoms with van der Waals surface area (Å²) in [6.45, 7) is 1.97. The van der Waals surface area contributed by atoms with Gasteiger partial charge in [-0.15, -0.1) is 11.8 Å². The lowest BCUT2D eigenvalue weighted by atomic mass is 10.1. The molecule has 0 spiro atoms. The van der Waals surface area contributed by atoms with Crippen LogP contribution in [0.3, 0.4) is 0 Å². The third kappa shape index (κ3) is 3.23. The van der Waals surface area contributed by atoms with E-state index in [-0.39, 0.29) is 17.1 Å². The Morgan fingerprint density at radius 2 is 1.94 bits per heavy atom. The first-order valence-corrected chi connectivity index (χ1v) is 7.28. The van der Waals surface area contributed by atoms with Crippen molar-refractivity contribution in [2.75, 3.05) is 0 Å². The van der Waals surface area contributed by atoms with Crippen molar-refractivity contribution in [3.05, 3.63) is 35.6 Å². The molecule has 0 bridgehead atoms. The molecule has 2 unspecified atom stereocenters. The summed E-state index contributed by atoms with van der Waals surface area (Å²) in [6.07, 6.45) is 5.12. The second-order valence-electron chi connectivity index (χ2n) is 4.84. The van der Waals surface area contributed by atoms with E-state index < -0.39 is 0 Å². The van der Waals surface area contributed by atoms with Gasteiger partial charge in [0.2, 0.25) is 0 Å². The molecule has 2 rings (SSSR count). The van der Waals surface area contributed by atoms with Gasteiger partial charge in [0.25, 0.3) is 0 Å². The minimum Gasteiger partial charge on any atom is -0.327 e. The van der Waals surface area contributed by atoms with Crippen molar-refractivity contribution in [3.8, 4) is 0 Å². The topological polar surface area (TPSA) is 26.0 Å². The minimum absolute atomic E-state index is 0.0162. The molecule has 17 heavy (non-hydrogen) atoms. The van der Waals surface area contributed by atoms with Crippen LogP contribution in [0.1, 0.15) is 43.4 Å². The van der Waals surface area contributed by atoms with Crippen molar-refractivity contribution in [2.24, 2.45) is 5.73 Å². The minimum atomic E-state index is -0.125. The van der Waals surface area contributed by atoms with Gasteiger partial charge in [-0.2, -0.15) is 0 Å². The summed E-state index contributed by atoms with van der Waals surface area (Å²) < 4.78 is 13.8. The standard InChI is InChI=1S/C14H20FNS/c1-10(16)14(17-11-6-2-3-7-11)12-8-4-5-9-13(12)15/h4-5,8-11,14H,2-3,6-7,16H2,1H3. The van der Waals surface area contributed by atoms with Gasteiger partial charge in [0.1, 0.15) is 5.82 Å². The molecule has 2 atom stereocenters. The molecule has 1 aliphatic rings. The van der Waals surface area contributed by atoms with Crippen LogP contribution in [0.5, 0.6) is 0 Å². The number of nitrogens with two attached hydrogens (primary N) is 1. The Morgan fingerprint density at radius 1 is 1.29 bits per heavy atom. The van der Waals surface area contributed by atoms with Crippen LogP contribution in [0.15, 0.2) is 24.3 Å². The average Bonchev–Trinajstić information content (AvgIpc) is 2.79. The van der Waals surface area contributed by atoms with Gasteiger partial charge >= 0.3 is 0 Å². The highest BCUT2D eigenvalue weighted by Gasteiger charge is 2.25. The average molecular weight is 253 g/mol. The lowest BCUT2D eigenvalue weighted by Crippen LogP contribution is -2.24. The predicted octanol–water partition coefficient (Wildman–Crippen LogP) is 3.89. The molecule has 1 aliphatic carbocycles. The largest absolute Gasteiger partial charge is 0.327 e. The van der Waals surface area contributed by atoms with Gasteiger partial charge in [-0.3, -0.25) is 0 Å². The summed E-state index contributed by atoms with van der Waals surface area (Å²) in [5, 5.41) is 0.741. The Kier molecular flexibility index (Phi) is 4.46. The molecule has 94 valence electrons. The van der Waals surface area contributed by atoms with Crippen molar-refractivity contribution < 1.29 is 4.39 Å². The van der Waals surface area contributed by atoms with Gasteiger partial charge in [0.05, 0.1) is 0 Å². The number of rotatable bonds is 4. The van der Waals surface area contributed by atoms with E-state index in [9.17, 15) is 4.39 Å². The summed E-state index contributed by atoms with van der Waals surface area (Å²) >= 11 is 1.86. The molecular formula is C14H20FNS. The summed E-state index contributed by atoms with van der Waals surface area (Å²) in [5.74, 6) is -0.125. The molecule has 0 heterocycles. The molecule has 3 heteroatoms. The molecule has 0 radical (unpaired) electrons. The van der Waals surface area contributed by atoms with Crippen LogP contribution >= 0.6 is 11.8 Å². The van der Waals surface area contributed by atoms with Gasteiger partial charge in [-0.05, 0) is 25.8 Å². The predicted molar refractivity (Wildman–Crippen MR) is 72.6 cm³/mol. The molecule has 1 saturated carbocycles. The highest BCUT2D eigenvalue weighted by atomic mass is 32.2. The van der Waals surface area contributed by atoms with Crippen molar-refractivity contribution in [1.29, 1.82) is 0 Å². The van der Waals surface area contributed by atoms with Gasteiger partial charge in [0.15, 0.2) is 0 Å². The van der Waals surface area contributed by atoms with E-state index >= 15 is 0 Å². The molecule has 1 fully saturated rings. The fourth-order valence-corrected chi connectivity index (χ4v) is 4.02. The highest BCUT2D eigenvalue weighted by Crippen LogP contribution is 2.41. The highest BCUT2D eigenvalue weighted by molar-refractivity contribution is 8.00. The van der Waals surface area contributed by atoms with E-state index in [4.69, 9.17) is 5.73 Å². The number of benzene rings is 1. The number of hydrogen-bond acceptors (Lipinski definition) is 2. The van der Waals surface area contributed by atoms with Crippen LogP contribution in [-0.2, 0) is 0 Å². The normalized spacial score (nSPS) is 20.4. The van der Waals surface area contributed by atoms with Gasteiger partial charge in [0, 0.05) is 22.1 Å². The van der Waals surface area contributed by atoms with E-state index in [0.29, 0.717) is 5.25 Å². The van der Waals surface area contributed by atoms with E-state index in [0.717, 1.165) is 5.56 Å². The number of thioether (sulfide) groups is 1. The summed E-state index contributed by atoms with van der Waals surface area (Å²) in [7, 11) is 0. The quantitative estimate of drug-likeness (QED) is 0.881. The van der Waals surface area contributed by atoms with E-state index in [1.165, 1.54) is 31.7 Å². The summed E-state index contributed by atoms with van der Waals surface area (Å²) in [5.41, 5.74) is 6.79. The lowest BCUT2D eigenvalue weighted by Gasteiger charge is -2.24. The first-order valence-electron chi connectivity index (χ1n) is 6.34. The SMILES string of the molecule is CC(N)C(SC1CCCC1)c1ccccc1F. The molecule has 2 N–H and O–H groups in total. The van der Waals surface area contributed by atoms with Crippen LogP contribution in [0, 0.1) is 5.82 Å². The Labute approximate surface area is 107 Å². The Morgan fingerprint density at radius 3 is 2.53 bits per heavy atom. The fourth-order valence-electron chi connectivity index (χ4n) is 2.42. The van der Waals surface area contributed by atoms with Crippen LogP contribution in [-0.4, -0.2) is 11.3 Å². The lowest BCUT2D eigenvalue weighted by molar-refractivity contribution is 0.591. The smallest absolute Gasteiger partial charge is 0.127 e. The molecule has 1 aromatic rings. The maximum atomic E-state index is 13.8. The van der Waals surface area contributed by atoms with Crippen LogP contribution in [0.25, 0.3) is 0 Å². The van der Waals surface area contributed by atoms with Crippen molar-refractivity contribution in [3.63, 3.8) is 0 Å². The Hall–Kier alpha value is -0.540. The number of hydrogen-bond donors (Lipinski definition) is 1. The molecule has 0 aromatic heterocycles. The van der Waals surface area contributed by atoms with Gasteiger partial charge in [-0.25, -0.2) is 4.39 Å². The zero-order valence-electron chi connectivity index (χ0n) is 10.2. The van der Waals surface area contributed by atoms with Crippen molar-refractivity contribution >= 4 is 11.8 Å². The van der Waals surface area contributed by atoms with Crippen LogP contribution in [0.2, 0.25) is 0 Å². The second-order valence-corrected chi connectivity index (χ2v) is 6.29. The Bertz CT molecular complexity index is 361. The summed E-state index contributed by atoms with van der Waals surface area (Å²) in [4.78, 5) is 0. The monoisotopic (exact) mass is 253 g/mol. The number of halogens is 1. The molecule has 1 nitrogen and oxygen atoms in total. The van der Waals surface area contributed by atoms with Gasteiger partial charge in [-0.1, -0.05) is 31.0 Å². The van der Waals surface area contributed by atoms with Crippen molar-refractivity contribution in [1.82, 2.24) is 0 Å². The molecule has 0 aliphatic heterocycles. The zero-order valence-corrected chi connectivity index (χ0v) is 11.0. The van der Waals surface area contributed by atoms with E-state index in [1.807, 2.05) is 30.8 Å².